The Hall–Kier alpha value is -0.370. The number of Topliss-reactive ketones (excluding diaryl/α,β-unsaturated/α-hetero) is 1. The highest BCUT2D eigenvalue weighted by Crippen LogP contribution is 2.19. The smallest absolute Gasteiger partial charge is 0.137 e. The summed E-state index contributed by atoms with van der Waals surface area (Å²) in [5.41, 5.74) is 0. The number of carbonyl (C=O) groups is 1. The molecule has 1 heterocycles. The van der Waals surface area contributed by atoms with Crippen LogP contribution in [0.3, 0.4) is 0 Å². The molecular formula is C16H31NO. The molecule has 2 nitrogen and oxygen atoms in total. The first-order chi connectivity index (χ1) is 8.75. The maximum absolute atomic E-state index is 12.0. The second-order valence-electron chi connectivity index (χ2n) is 5.83. The molecule has 0 radical (unpaired) electrons. The Kier molecular flexibility index (Phi) is 8.32. The molecule has 0 aromatic carbocycles. The van der Waals surface area contributed by atoms with Gasteiger partial charge in [-0.05, 0) is 26.3 Å². The fraction of sp³-hybridized carbons (Fsp3) is 0.938. The normalized spacial score (nSPS) is 23.4. The molecule has 1 fully saturated rings. The molecule has 0 amide bonds. The van der Waals surface area contributed by atoms with Crippen LogP contribution in [0.25, 0.3) is 0 Å². The fourth-order valence-electron chi connectivity index (χ4n) is 2.92. The average molecular weight is 253 g/mol. The van der Waals surface area contributed by atoms with Gasteiger partial charge in [-0.25, -0.2) is 0 Å². The average Bonchev–Trinajstić information content (AvgIpc) is 2.79. The van der Waals surface area contributed by atoms with Crippen molar-refractivity contribution in [2.75, 3.05) is 6.54 Å². The van der Waals surface area contributed by atoms with Crippen molar-refractivity contribution >= 4 is 5.78 Å². The molecule has 2 atom stereocenters. The molecule has 1 aliphatic heterocycles. The van der Waals surface area contributed by atoms with Gasteiger partial charge in [-0.3, -0.25) is 4.79 Å². The Labute approximate surface area is 113 Å². The first kappa shape index (κ1) is 15.7. The number of rotatable bonds is 10. The van der Waals surface area contributed by atoms with Gasteiger partial charge in [0.15, 0.2) is 0 Å². The predicted octanol–water partition coefficient (Wildman–Crippen LogP) is 4.08. The first-order valence-corrected chi connectivity index (χ1v) is 8.01. The topological polar surface area (TPSA) is 29.1 Å². The van der Waals surface area contributed by atoms with Crippen LogP contribution in [-0.4, -0.2) is 18.4 Å². The van der Waals surface area contributed by atoms with Gasteiger partial charge in [0.1, 0.15) is 5.78 Å². The molecule has 106 valence electrons. The molecule has 0 spiro atoms. The van der Waals surface area contributed by atoms with E-state index in [1.807, 2.05) is 0 Å². The molecule has 0 aromatic heterocycles. The maximum Gasteiger partial charge on any atom is 0.137 e. The van der Waals surface area contributed by atoms with Gasteiger partial charge in [0.25, 0.3) is 0 Å². The SMILES string of the molecule is CCCCCCCCCCC(=O)C1CCNC1C. The Morgan fingerprint density at radius 3 is 2.22 bits per heavy atom. The van der Waals surface area contributed by atoms with Gasteiger partial charge in [0.05, 0.1) is 0 Å². The number of unbranched alkanes of at least 4 members (excludes halogenated alkanes) is 7. The molecular weight excluding hydrogens is 222 g/mol. The van der Waals surface area contributed by atoms with Crippen LogP contribution in [0.1, 0.15) is 78.1 Å². The monoisotopic (exact) mass is 253 g/mol. The van der Waals surface area contributed by atoms with Crippen molar-refractivity contribution in [3.8, 4) is 0 Å². The van der Waals surface area contributed by atoms with Crippen LogP contribution in [0, 0.1) is 5.92 Å². The number of nitrogens with one attached hydrogen (secondary N) is 1. The van der Waals surface area contributed by atoms with Gasteiger partial charge >= 0.3 is 0 Å². The van der Waals surface area contributed by atoms with Gasteiger partial charge < -0.3 is 5.32 Å². The van der Waals surface area contributed by atoms with E-state index in [2.05, 4.69) is 19.2 Å². The lowest BCUT2D eigenvalue weighted by atomic mass is 9.93. The zero-order chi connectivity index (χ0) is 13.2. The minimum absolute atomic E-state index is 0.301. The van der Waals surface area contributed by atoms with E-state index >= 15 is 0 Å². The maximum atomic E-state index is 12.0. The van der Waals surface area contributed by atoms with Crippen LogP contribution in [-0.2, 0) is 4.79 Å². The molecule has 0 aliphatic carbocycles. The van der Waals surface area contributed by atoms with Crippen molar-refractivity contribution in [3.05, 3.63) is 0 Å². The van der Waals surface area contributed by atoms with Crippen molar-refractivity contribution in [1.82, 2.24) is 5.32 Å². The van der Waals surface area contributed by atoms with E-state index in [0.29, 0.717) is 17.7 Å². The predicted molar refractivity (Wildman–Crippen MR) is 77.8 cm³/mol. The zero-order valence-corrected chi connectivity index (χ0v) is 12.3. The molecule has 1 saturated heterocycles. The van der Waals surface area contributed by atoms with Crippen molar-refractivity contribution in [1.29, 1.82) is 0 Å². The summed E-state index contributed by atoms with van der Waals surface area (Å²) in [6.07, 6.45) is 12.4. The third-order valence-electron chi connectivity index (χ3n) is 4.22. The van der Waals surface area contributed by atoms with Gasteiger partial charge in [-0.1, -0.05) is 51.9 Å². The van der Waals surface area contributed by atoms with E-state index in [4.69, 9.17) is 0 Å². The first-order valence-electron chi connectivity index (χ1n) is 8.01. The van der Waals surface area contributed by atoms with Gasteiger partial charge in [0, 0.05) is 18.4 Å². The Balaban J connectivity index is 1.92. The second-order valence-corrected chi connectivity index (χ2v) is 5.83. The second kappa shape index (κ2) is 9.55. The Morgan fingerprint density at radius 2 is 1.67 bits per heavy atom. The minimum atomic E-state index is 0.301. The van der Waals surface area contributed by atoms with Crippen LogP contribution in [0.2, 0.25) is 0 Å². The summed E-state index contributed by atoms with van der Waals surface area (Å²) in [4.78, 5) is 12.0. The number of ketones is 1. The van der Waals surface area contributed by atoms with Crippen LogP contribution < -0.4 is 5.32 Å². The van der Waals surface area contributed by atoms with Crippen molar-refractivity contribution in [2.24, 2.45) is 5.92 Å². The standard InChI is InChI=1S/C16H31NO/c1-3-4-5-6-7-8-9-10-11-16(18)15-12-13-17-14(15)2/h14-15,17H,3-13H2,1-2H3. The highest BCUT2D eigenvalue weighted by atomic mass is 16.1. The van der Waals surface area contributed by atoms with Gasteiger partial charge in [-0.15, -0.1) is 0 Å². The van der Waals surface area contributed by atoms with E-state index < -0.39 is 0 Å². The molecule has 18 heavy (non-hydrogen) atoms. The van der Waals surface area contributed by atoms with Crippen molar-refractivity contribution in [3.63, 3.8) is 0 Å². The molecule has 0 bridgehead atoms. The molecule has 1 aliphatic rings. The van der Waals surface area contributed by atoms with E-state index in [1.165, 1.54) is 44.9 Å². The highest BCUT2D eigenvalue weighted by molar-refractivity contribution is 5.81. The van der Waals surface area contributed by atoms with Crippen molar-refractivity contribution in [2.45, 2.75) is 84.1 Å². The van der Waals surface area contributed by atoms with Crippen LogP contribution in [0.5, 0.6) is 0 Å². The summed E-state index contributed by atoms with van der Waals surface area (Å²) in [5, 5.41) is 3.36. The lowest BCUT2D eigenvalue weighted by Gasteiger charge is -2.13. The molecule has 0 saturated carbocycles. The quantitative estimate of drug-likeness (QED) is 0.594. The van der Waals surface area contributed by atoms with Crippen LogP contribution in [0.15, 0.2) is 0 Å². The van der Waals surface area contributed by atoms with Crippen molar-refractivity contribution < 1.29 is 4.79 Å². The lowest BCUT2D eigenvalue weighted by molar-refractivity contribution is -0.123. The van der Waals surface area contributed by atoms with Gasteiger partial charge in [0.2, 0.25) is 0 Å². The van der Waals surface area contributed by atoms with E-state index in [-0.39, 0.29) is 0 Å². The summed E-state index contributed by atoms with van der Waals surface area (Å²) in [6, 6.07) is 0.409. The summed E-state index contributed by atoms with van der Waals surface area (Å²) >= 11 is 0. The van der Waals surface area contributed by atoms with E-state index in [1.54, 1.807) is 0 Å². The van der Waals surface area contributed by atoms with Crippen LogP contribution in [0.4, 0.5) is 0 Å². The summed E-state index contributed by atoms with van der Waals surface area (Å²) in [5.74, 6) is 0.799. The summed E-state index contributed by atoms with van der Waals surface area (Å²) in [6.45, 7) is 5.42. The molecule has 0 aromatic rings. The zero-order valence-electron chi connectivity index (χ0n) is 12.3. The molecule has 2 unspecified atom stereocenters. The summed E-state index contributed by atoms with van der Waals surface area (Å²) in [7, 11) is 0. The fourth-order valence-corrected chi connectivity index (χ4v) is 2.92. The molecule has 1 N–H and O–H groups in total. The molecule has 1 rings (SSSR count). The van der Waals surface area contributed by atoms with Crippen LogP contribution >= 0.6 is 0 Å². The third-order valence-corrected chi connectivity index (χ3v) is 4.22. The highest BCUT2D eigenvalue weighted by Gasteiger charge is 2.28. The van der Waals surface area contributed by atoms with E-state index in [9.17, 15) is 4.79 Å². The minimum Gasteiger partial charge on any atom is -0.314 e. The number of hydrogen-bond acceptors (Lipinski definition) is 2. The third kappa shape index (κ3) is 5.99. The van der Waals surface area contributed by atoms with Gasteiger partial charge in [-0.2, -0.15) is 0 Å². The largest absolute Gasteiger partial charge is 0.314 e. The molecule has 2 heteroatoms. The number of carbonyl (C=O) groups excluding carboxylic acids is 1. The Bertz CT molecular complexity index is 227. The number of hydrogen-bond donors (Lipinski definition) is 1. The lowest BCUT2D eigenvalue weighted by Crippen LogP contribution is -2.28. The summed E-state index contributed by atoms with van der Waals surface area (Å²) < 4.78 is 0. The van der Waals surface area contributed by atoms with E-state index in [0.717, 1.165) is 25.8 Å². The Morgan fingerprint density at radius 1 is 1.06 bits per heavy atom.